The van der Waals surface area contributed by atoms with Gasteiger partial charge in [-0.1, -0.05) is 6.42 Å². The first-order chi connectivity index (χ1) is 4.00. The van der Waals surface area contributed by atoms with E-state index in [0.29, 0.717) is 0 Å². The first-order valence-electron chi connectivity index (χ1n) is 3.15. The van der Waals surface area contributed by atoms with Crippen molar-refractivity contribution in [1.29, 1.82) is 0 Å². The topological polar surface area (TPSA) is 0 Å². The third-order valence-corrected chi connectivity index (χ3v) is 1.24. The second-order valence-corrected chi connectivity index (χ2v) is 1.98. The minimum atomic E-state index is 0. The van der Waals surface area contributed by atoms with Gasteiger partial charge in [-0.2, -0.15) is 0 Å². The van der Waals surface area contributed by atoms with Gasteiger partial charge in [0.1, 0.15) is 0 Å². The molecule has 0 aromatic heterocycles. The molecule has 0 saturated carbocycles. The van der Waals surface area contributed by atoms with Crippen molar-refractivity contribution in [3.05, 3.63) is 30.7 Å². The maximum absolute atomic E-state index is 2.21. The molecule has 0 atom stereocenters. The van der Waals surface area contributed by atoms with Gasteiger partial charge in [0.25, 0.3) is 0 Å². The molecule has 1 aliphatic carbocycles. The van der Waals surface area contributed by atoms with Crippen LogP contribution in [0.15, 0.2) is 24.3 Å². The molecule has 1 aliphatic rings. The molecule has 52 valence electrons. The van der Waals surface area contributed by atoms with Gasteiger partial charge < -0.3 is 0 Å². The van der Waals surface area contributed by atoms with E-state index in [9.17, 15) is 0 Å². The van der Waals surface area contributed by atoms with Crippen LogP contribution < -0.4 is 0 Å². The third kappa shape index (κ3) is 4.35. The summed E-state index contributed by atoms with van der Waals surface area (Å²) in [5.41, 5.74) is 0. The van der Waals surface area contributed by atoms with E-state index in [2.05, 4.69) is 30.7 Å². The SMILES string of the molecule is C1=C[CH-]CCCC=C1.[Ni+2]. The van der Waals surface area contributed by atoms with Crippen LogP contribution in [0.2, 0.25) is 0 Å². The summed E-state index contributed by atoms with van der Waals surface area (Å²) in [7, 11) is 0. The Balaban J connectivity index is 0.000000640. The van der Waals surface area contributed by atoms with Crippen LogP contribution in [0.5, 0.6) is 0 Å². The Labute approximate surface area is 67.0 Å². The molecule has 9 heavy (non-hydrogen) atoms. The van der Waals surface area contributed by atoms with Crippen LogP contribution in [0.3, 0.4) is 0 Å². The van der Waals surface area contributed by atoms with Crippen LogP contribution in [0.1, 0.15) is 19.3 Å². The molecule has 0 aromatic carbocycles. The average Bonchev–Trinajstić information content (AvgIpc) is 1.62. The molecule has 0 nitrogen and oxygen atoms in total. The van der Waals surface area contributed by atoms with Gasteiger partial charge in [-0.25, -0.2) is 18.6 Å². The number of rotatable bonds is 0. The minimum Gasteiger partial charge on any atom is -0.230 e. The summed E-state index contributed by atoms with van der Waals surface area (Å²) in [6.45, 7) is 0. The second kappa shape index (κ2) is 5.97. The van der Waals surface area contributed by atoms with Crippen LogP contribution in [0, 0.1) is 6.42 Å². The number of hydrogen-bond acceptors (Lipinski definition) is 0. The van der Waals surface area contributed by atoms with Crippen molar-refractivity contribution in [2.75, 3.05) is 0 Å². The molecular weight excluding hydrogens is 155 g/mol. The minimum absolute atomic E-state index is 0. The number of allylic oxidation sites excluding steroid dienone is 4. The molecule has 0 heterocycles. The normalized spacial score (nSPS) is 16.9. The molecule has 1 heteroatoms. The largest absolute Gasteiger partial charge is 2.00 e. The molecule has 0 unspecified atom stereocenters. The molecule has 0 bridgehead atoms. The molecular formula is C8H11Ni+. The molecule has 0 spiro atoms. The summed E-state index contributed by atoms with van der Waals surface area (Å²) in [5, 5.41) is 0. The van der Waals surface area contributed by atoms with Crippen molar-refractivity contribution in [2.24, 2.45) is 0 Å². The zero-order valence-corrected chi connectivity index (χ0v) is 6.31. The summed E-state index contributed by atoms with van der Waals surface area (Å²) in [5.74, 6) is 0. The molecule has 0 aliphatic heterocycles. The van der Waals surface area contributed by atoms with Crippen molar-refractivity contribution in [3.63, 3.8) is 0 Å². The summed E-state index contributed by atoms with van der Waals surface area (Å²) in [4.78, 5) is 0. The smallest absolute Gasteiger partial charge is 0.230 e. The molecule has 0 amide bonds. The Bertz CT molecular complexity index is 89.1. The maximum Gasteiger partial charge on any atom is 2.00 e. The van der Waals surface area contributed by atoms with Crippen LogP contribution in [0.25, 0.3) is 0 Å². The van der Waals surface area contributed by atoms with Gasteiger partial charge in [-0.15, -0.1) is 18.6 Å². The van der Waals surface area contributed by atoms with Crippen LogP contribution in [-0.4, -0.2) is 0 Å². The Morgan fingerprint density at radius 1 is 1.22 bits per heavy atom. The van der Waals surface area contributed by atoms with Gasteiger partial charge >= 0.3 is 16.5 Å². The third-order valence-electron chi connectivity index (χ3n) is 1.24. The van der Waals surface area contributed by atoms with Crippen LogP contribution in [0.4, 0.5) is 0 Å². The van der Waals surface area contributed by atoms with Gasteiger partial charge in [0.05, 0.1) is 0 Å². The monoisotopic (exact) mass is 165 g/mol. The van der Waals surface area contributed by atoms with E-state index in [0.717, 1.165) is 0 Å². The Kier molecular flexibility index (Phi) is 5.87. The van der Waals surface area contributed by atoms with E-state index in [1.165, 1.54) is 19.3 Å². The Hall–Kier alpha value is -0.156. The van der Waals surface area contributed by atoms with Crippen molar-refractivity contribution < 1.29 is 16.5 Å². The van der Waals surface area contributed by atoms with Gasteiger partial charge in [0.15, 0.2) is 0 Å². The van der Waals surface area contributed by atoms with E-state index < -0.39 is 0 Å². The van der Waals surface area contributed by atoms with Gasteiger partial charge in [-0.3, -0.25) is 0 Å². The van der Waals surface area contributed by atoms with E-state index in [1.807, 2.05) is 0 Å². The van der Waals surface area contributed by atoms with Crippen molar-refractivity contribution in [3.8, 4) is 0 Å². The van der Waals surface area contributed by atoms with Crippen molar-refractivity contribution >= 4 is 0 Å². The van der Waals surface area contributed by atoms with E-state index in [4.69, 9.17) is 0 Å². The number of hydrogen-bond donors (Lipinski definition) is 0. The molecule has 0 N–H and O–H groups in total. The van der Waals surface area contributed by atoms with Crippen LogP contribution in [-0.2, 0) is 16.5 Å². The molecule has 0 radical (unpaired) electrons. The van der Waals surface area contributed by atoms with Crippen molar-refractivity contribution in [1.82, 2.24) is 0 Å². The van der Waals surface area contributed by atoms with Gasteiger partial charge in [0, 0.05) is 0 Å². The van der Waals surface area contributed by atoms with Gasteiger partial charge in [-0.05, 0) is 6.42 Å². The Morgan fingerprint density at radius 2 is 2.11 bits per heavy atom. The standard InChI is InChI=1S/C8H11.Ni/c1-2-4-6-8-7-5-3-1;/h1-5H,6-8H2;/q-1;+2. The summed E-state index contributed by atoms with van der Waals surface area (Å²) >= 11 is 0. The maximum atomic E-state index is 2.21. The van der Waals surface area contributed by atoms with E-state index in [1.54, 1.807) is 0 Å². The fraction of sp³-hybridized carbons (Fsp3) is 0.375. The quantitative estimate of drug-likeness (QED) is 0.383. The summed E-state index contributed by atoms with van der Waals surface area (Å²) in [6.07, 6.45) is 14.5. The molecule has 0 saturated heterocycles. The predicted octanol–water partition coefficient (Wildman–Crippen LogP) is 2.48. The predicted molar refractivity (Wildman–Crippen MR) is 36.4 cm³/mol. The zero-order valence-electron chi connectivity index (χ0n) is 5.32. The Morgan fingerprint density at radius 3 is 3.00 bits per heavy atom. The van der Waals surface area contributed by atoms with Gasteiger partial charge in [0.2, 0.25) is 0 Å². The summed E-state index contributed by atoms with van der Waals surface area (Å²) in [6, 6.07) is 0. The summed E-state index contributed by atoms with van der Waals surface area (Å²) < 4.78 is 0. The fourth-order valence-corrected chi connectivity index (χ4v) is 0.767. The fourth-order valence-electron chi connectivity index (χ4n) is 0.767. The zero-order chi connectivity index (χ0) is 5.66. The second-order valence-electron chi connectivity index (χ2n) is 1.98. The van der Waals surface area contributed by atoms with Crippen molar-refractivity contribution in [2.45, 2.75) is 19.3 Å². The van der Waals surface area contributed by atoms with E-state index in [-0.39, 0.29) is 16.5 Å². The first kappa shape index (κ1) is 8.84. The average molecular weight is 166 g/mol. The van der Waals surface area contributed by atoms with E-state index >= 15 is 0 Å². The first-order valence-corrected chi connectivity index (χ1v) is 3.15. The molecule has 0 fully saturated rings. The van der Waals surface area contributed by atoms with Crippen LogP contribution >= 0.6 is 0 Å². The molecule has 1 rings (SSSR count). The molecule has 0 aromatic rings.